The first-order valence-electron chi connectivity index (χ1n) is 7.09. The number of hydrogen-bond acceptors (Lipinski definition) is 5. The molecule has 9 heteroatoms. The number of sulfonamides is 1. The third kappa shape index (κ3) is 4.15. The summed E-state index contributed by atoms with van der Waals surface area (Å²) in [6.45, 7) is 1.79. The highest BCUT2D eigenvalue weighted by Crippen LogP contribution is 2.26. The number of hydrogen-bond donors (Lipinski definition) is 1. The fraction of sp³-hybridized carbons (Fsp3) is 0.0625. The van der Waals surface area contributed by atoms with Gasteiger partial charge in [0.05, 0.1) is 10.2 Å². The van der Waals surface area contributed by atoms with E-state index in [4.69, 9.17) is 11.6 Å². The van der Waals surface area contributed by atoms with Crippen molar-refractivity contribution in [1.29, 1.82) is 0 Å². The summed E-state index contributed by atoms with van der Waals surface area (Å²) >= 11 is 8.98. The average Bonchev–Trinajstić information content (AvgIpc) is 2.57. The average molecular weight is 440 g/mol. The molecule has 25 heavy (non-hydrogen) atoms. The van der Waals surface area contributed by atoms with Crippen LogP contribution < -0.4 is 4.72 Å². The molecule has 3 aromatic rings. The summed E-state index contributed by atoms with van der Waals surface area (Å²) in [7, 11) is -3.79. The molecule has 0 radical (unpaired) electrons. The van der Waals surface area contributed by atoms with Gasteiger partial charge in [-0.05, 0) is 47.1 Å². The van der Waals surface area contributed by atoms with Crippen LogP contribution in [0.4, 0.5) is 5.69 Å². The molecule has 1 N–H and O–H groups in total. The molecule has 128 valence electrons. The monoisotopic (exact) mass is 438 g/mol. The summed E-state index contributed by atoms with van der Waals surface area (Å²) in [4.78, 5) is 12.2. The minimum Gasteiger partial charge on any atom is -0.280 e. The van der Waals surface area contributed by atoms with Crippen LogP contribution in [0.2, 0.25) is 5.15 Å². The Morgan fingerprint density at radius 2 is 1.96 bits per heavy atom. The van der Waals surface area contributed by atoms with Crippen molar-refractivity contribution in [3.63, 3.8) is 0 Å². The van der Waals surface area contributed by atoms with Gasteiger partial charge in [0.15, 0.2) is 0 Å². The minimum atomic E-state index is -3.79. The van der Waals surface area contributed by atoms with Crippen LogP contribution in [-0.4, -0.2) is 23.4 Å². The van der Waals surface area contributed by atoms with Gasteiger partial charge in [-0.15, -0.1) is 0 Å². The van der Waals surface area contributed by atoms with Gasteiger partial charge in [-0.1, -0.05) is 23.7 Å². The fourth-order valence-electron chi connectivity index (χ4n) is 2.12. The van der Waals surface area contributed by atoms with Crippen LogP contribution >= 0.6 is 27.5 Å². The Hall–Kier alpha value is -2.03. The molecule has 0 aliphatic carbocycles. The molecule has 0 saturated carbocycles. The van der Waals surface area contributed by atoms with E-state index in [-0.39, 0.29) is 10.0 Å². The second-order valence-electron chi connectivity index (χ2n) is 5.12. The Kier molecular flexibility index (Phi) is 5.03. The molecule has 0 fully saturated rings. The van der Waals surface area contributed by atoms with E-state index in [0.717, 1.165) is 5.56 Å². The second-order valence-corrected chi connectivity index (χ2v) is 8.01. The number of rotatable bonds is 4. The standard InChI is InChI=1S/C16H12BrClN4O2S/c1-10-19-6-5-15(21-10)11-3-2-4-12(7-11)22-25(23,24)13-8-14(17)16(18)20-9-13/h2-9,22H,1H3. The Labute approximate surface area is 158 Å². The molecule has 0 aliphatic rings. The van der Waals surface area contributed by atoms with Crippen molar-refractivity contribution in [2.24, 2.45) is 0 Å². The van der Waals surface area contributed by atoms with Crippen LogP contribution in [0.3, 0.4) is 0 Å². The molecule has 3 rings (SSSR count). The van der Waals surface area contributed by atoms with E-state index in [0.29, 0.717) is 21.7 Å². The number of anilines is 1. The first-order valence-corrected chi connectivity index (χ1v) is 9.74. The summed E-state index contributed by atoms with van der Waals surface area (Å²) in [6, 6.07) is 10.1. The highest BCUT2D eigenvalue weighted by atomic mass is 79.9. The second kappa shape index (κ2) is 7.07. The molecule has 0 unspecified atom stereocenters. The summed E-state index contributed by atoms with van der Waals surface area (Å²) < 4.78 is 28.0. The van der Waals surface area contributed by atoms with Crippen molar-refractivity contribution >= 4 is 43.2 Å². The van der Waals surface area contributed by atoms with E-state index >= 15 is 0 Å². The Morgan fingerprint density at radius 3 is 2.68 bits per heavy atom. The van der Waals surface area contributed by atoms with Crippen LogP contribution in [0.1, 0.15) is 5.82 Å². The number of aromatic nitrogens is 3. The van der Waals surface area contributed by atoms with Gasteiger partial charge in [-0.2, -0.15) is 0 Å². The number of halogens is 2. The molecule has 0 saturated heterocycles. The lowest BCUT2D eigenvalue weighted by molar-refractivity contribution is 0.600. The number of benzene rings is 1. The van der Waals surface area contributed by atoms with Gasteiger partial charge in [0.25, 0.3) is 10.0 Å². The van der Waals surface area contributed by atoms with Gasteiger partial charge in [0.2, 0.25) is 0 Å². The lowest BCUT2D eigenvalue weighted by atomic mass is 10.1. The van der Waals surface area contributed by atoms with Gasteiger partial charge >= 0.3 is 0 Å². The van der Waals surface area contributed by atoms with Crippen LogP contribution in [0.5, 0.6) is 0 Å². The van der Waals surface area contributed by atoms with Crippen LogP contribution in [0, 0.1) is 6.92 Å². The quantitative estimate of drug-likeness (QED) is 0.620. The molecule has 1 aromatic carbocycles. The number of pyridine rings is 1. The highest BCUT2D eigenvalue weighted by Gasteiger charge is 2.16. The molecule has 2 aromatic heterocycles. The topological polar surface area (TPSA) is 84.8 Å². The third-order valence-corrected chi connectivity index (χ3v) is 5.75. The normalized spacial score (nSPS) is 11.3. The van der Waals surface area contributed by atoms with Crippen LogP contribution in [0.25, 0.3) is 11.3 Å². The third-order valence-electron chi connectivity index (χ3n) is 3.27. The van der Waals surface area contributed by atoms with Crippen LogP contribution in [-0.2, 0) is 10.0 Å². The lowest BCUT2D eigenvalue weighted by Crippen LogP contribution is -2.13. The summed E-state index contributed by atoms with van der Waals surface area (Å²) in [5.74, 6) is 0.639. The van der Waals surface area contributed by atoms with Crippen molar-refractivity contribution in [3.8, 4) is 11.3 Å². The smallest absolute Gasteiger partial charge is 0.263 e. The first kappa shape index (κ1) is 17.8. The molecule has 0 atom stereocenters. The van der Waals surface area contributed by atoms with Crippen molar-refractivity contribution in [2.45, 2.75) is 11.8 Å². The Bertz CT molecular complexity index is 1040. The number of nitrogens with one attached hydrogen (secondary N) is 1. The van der Waals surface area contributed by atoms with Gasteiger partial charge < -0.3 is 0 Å². The maximum Gasteiger partial charge on any atom is 0.263 e. The highest BCUT2D eigenvalue weighted by molar-refractivity contribution is 9.10. The van der Waals surface area contributed by atoms with E-state index in [9.17, 15) is 8.42 Å². The molecule has 0 aliphatic heterocycles. The summed E-state index contributed by atoms with van der Waals surface area (Å²) in [5.41, 5.74) is 1.91. The zero-order valence-electron chi connectivity index (χ0n) is 12.9. The van der Waals surface area contributed by atoms with E-state index in [1.807, 2.05) is 6.07 Å². The molecular formula is C16H12BrClN4O2S. The van der Waals surface area contributed by atoms with E-state index in [1.54, 1.807) is 37.4 Å². The molecular weight excluding hydrogens is 428 g/mol. The zero-order chi connectivity index (χ0) is 18.0. The minimum absolute atomic E-state index is 0.00654. The van der Waals surface area contributed by atoms with Crippen molar-refractivity contribution in [1.82, 2.24) is 15.0 Å². The van der Waals surface area contributed by atoms with E-state index in [2.05, 4.69) is 35.6 Å². The van der Waals surface area contributed by atoms with Gasteiger partial charge in [-0.3, -0.25) is 4.72 Å². The fourth-order valence-corrected chi connectivity index (χ4v) is 3.75. The lowest BCUT2D eigenvalue weighted by Gasteiger charge is -2.10. The predicted octanol–water partition coefficient (Wildman–Crippen LogP) is 4.06. The molecule has 0 spiro atoms. The van der Waals surface area contributed by atoms with E-state index in [1.165, 1.54) is 12.3 Å². The number of aryl methyl sites for hydroxylation is 1. The van der Waals surface area contributed by atoms with Crippen molar-refractivity contribution in [2.75, 3.05) is 4.72 Å². The predicted molar refractivity (Wildman–Crippen MR) is 100.0 cm³/mol. The molecule has 0 amide bonds. The largest absolute Gasteiger partial charge is 0.280 e. The van der Waals surface area contributed by atoms with Gasteiger partial charge in [0.1, 0.15) is 15.9 Å². The Balaban J connectivity index is 1.92. The van der Waals surface area contributed by atoms with E-state index < -0.39 is 10.0 Å². The maximum absolute atomic E-state index is 12.5. The summed E-state index contributed by atoms with van der Waals surface area (Å²) in [6.07, 6.45) is 2.86. The van der Waals surface area contributed by atoms with Crippen molar-refractivity contribution in [3.05, 3.63) is 64.2 Å². The molecule has 0 bridgehead atoms. The molecule has 6 nitrogen and oxygen atoms in total. The van der Waals surface area contributed by atoms with Crippen LogP contribution in [0.15, 0.2) is 58.2 Å². The van der Waals surface area contributed by atoms with Crippen molar-refractivity contribution < 1.29 is 8.42 Å². The Morgan fingerprint density at radius 1 is 1.16 bits per heavy atom. The summed E-state index contributed by atoms with van der Waals surface area (Å²) in [5, 5.41) is 0.195. The zero-order valence-corrected chi connectivity index (χ0v) is 16.1. The van der Waals surface area contributed by atoms with Gasteiger partial charge in [-0.25, -0.2) is 23.4 Å². The number of nitrogens with zero attached hydrogens (tertiary/aromatic N) is 3. The SMILES string of the molecule is Cc1nccc(-c2cccc(NS(=O)(=O)c3cnc(Cl)c(Br)c3)c2)n1. The van der Waals surface area contributed by atoms with Gasteiger partial charge in [0, 0.05) is 23.6 Å². The maximum atomic E-state index is 12.5. The molecule has 2 heterocycles. The first-order chi connectivity index (χ1) is 11.8.